The van der Waals surface area contributed by atoms with Gasteiger partial charge >= 0.3 is 0 Å². The van der Waals surface area contributed by atoms with E-state index in [9.17, 15) is 0 Å². The molecule has 0 aliphatic heterocycles. The number of rotatable bonds is 10. The topological polar surface area (TPSA) is 6.48 Å². The van der Waals surface area contributed by atoms with Crippen LogP contribution >= 0.6 is 0 Å². The molecule has 2 heteroatoms. The predicted octanol–water partition coefficient (Wildman–Crippen LogP) is 19.6. The molecule has 0 saturated heterocycles. The smallest absolute Gasteiger partial charge is 0.0727 e. The summed E-state index contributed by atoms with van der Waals surface area (Å²) in [5.41, 5.74) is 25.4. The highest BCUT2D eigenvalue weighted by molar-refractivity contribution is 6.07. The van der Waals surface area contributed by atoms with Crippen molar-refractivity contribution in [2.75, 3.05) is 9.80 Å². The van der Waals surface area contributed by atoms with E-state index in [2.05, 4.69) is 313 Å². The van der Waals surface area contributed by atoms with E-state index in [-0.39, 0.29) is 0 Å². The van der Waals surface area contributed by atoms with Gasteiger partial charge < -0.3 is 9.80 Å². The van der Waals surface area contributed by atoms with E-state index in [1.807, 2.05) is 0 Å². The van der Waals surface area contributed by atoms with Crippen LogP contribution in [0.1, 0.15) is 22.3 Å². The van der Waals surface area contributed by atoms with E-state index < -0.39 is 5.41 Å². The van der Waals surface area contributed by atoms with Crippen molar-refractivity contribution in [3.8, 4) is 66.8 Å². The molecule has 1 spiro atoms. The fourth-order valence-electron chi connectivity index (χ4n) is 12.5. The molecule has 75 heavy (non-hydrogen) atoms. The van der Waals surface area contributed by atoms with Crippen LogP contribution in [-0.2, 0) is 5.41 Å². The lowest BCUT2D eigenvalue weighted by molar-refractivity contribution is 0.793. The number of hydrogen-bond donors (Lipinski definition) is 0. The number of anilines is 6. The lowest BCUT2D eigenvalue weighted by Gasteiger charge is -2.34. The molecule has 352 valence electrons. The molecule has 0 aromatic heterocycles. The molecule has 0 saturated carbocycles. The van der Waals surface area contributed by atoms with Gasteiger partial charge in [0, 0.05) is 33.4 Å². The maximum absolute atomic E-state index is 2.54. The van der Waals surface area contributed by atoms with Crippen LogP contribution in [0, 0.1) is 0 Å². The molecular weight excluding hydrogens is 905 g/mol. The summed E-state index contributed by atoms with van der Waals surface area (Å²) < 4.78 is 0. The van der Waals surface area contributed by atoms with Crippen molar-refractivity contribution in [2.45, 2.75) is 5.41 Å². The highest BCUT2D eigenvalue weighted by atomic mass is 15.2. The number of para-hydroxylation sites is 4. The molecule has 14 rings (SSSR count). The average molecular weight is 955 g/mol. The molecule has 0 amide bonds. The number of benzene rings is 12. The Hall–Kier alpha value is -9.76. The Kier molecular flexibility index (Phi) is 10.8. The Morgan fingerprint density at radius 3 is 0.707 bits per heavy atom. The lowest BCUT2D eigenvalue weighted by atomic mass is 9.70. The fraction of sp³-hybridized carbons (Fsp3) is 0.0137. The third kappa shape index (κ3) is 7.02. The summed E-state index contributed by atoms with van der Waals surface area (Å²) in [6.45, 7) is 0. The second-order valence-electron chi connectivity index (χ2n) is 19.4. The largest absolute Gasteiger partial charge is 0.309 e. The molecule has 2 aliphatic rings. The van der Waals surface area contributed by atoms with Crippen molar-refractivity contribution >= 4 is 34.1 Å². The minimum absolute atomic E-state index is 0.656. The quantitative estimate of drug-likeness (QED) is 0.135. The molecular formula is C73H50N2. The van der Waals surface area contributed by atoms with Gasteiger partial charge in [0.05, 0.1) is 39.5 Å². The summed E-state index contributed by atoms with van der Waals surface area (Å²) in [6, 6.07) is 111. The molecule has 2 aliphatic carbocycles. The van der Waals surface area contributed by atoms with Crippen molar-refractivity contribution in [3.05, 3.63) is 326 Å². The molecule has 0 atom stereocenters. The molecule has 0 unspecified atom stereocenters. The summed E-state index contributed by atoms with van der Waals surface area (Å²) >= 11 is 0. The minimum Gasteiger partial charge on any atom is -0.309 e. The van der Waals surface area contributed by atoms with Crippen molar-refractivity contribution in [1.82, 2.24) is 0 Å². The van der Waals surface area contributed by atoms with Gasteiger partial charge in [-0.05, 0) is 92.0 Å². The van der Waals surface area contributed by atoms with E-state index in [0.717, 1.165) is 78.6 Å². The summed E-state index contributed by atoms with van der Waals surface area (Å²) in [7, 11) is 0. The highest BCUT2D eigenvalue weighted by Gasteiger charge is 2.53. The van der Waals surface area contributed by atoms with Crippen LogP contribution in [0.4, 0.5) is 34.1 Å². The zero-order valence-electron chi connectivity index (χ0n) is 41.3. The van der Waals surface area contributed by atoms with Crippen LogP contribution in [0.5, 0.6) is 0 Å². The second kappa shape index (κ2) is 18.4. The number of hydrogen-bond acceptors (Lipinski definition) is 2. The lowest BCUT2D eigenvalue weighted by Crippen LogP contribution is -2.26. The van der Waals surface area contributed by atoms with Crippen molar-refractivity contribution in [1.29, 1.82) is 0 Å². The van der Waals surface area contributed by atoms with Crippen molar-refractivity contribution in [3.63, 3.8) is 0 Å². The van der Waals surface area contributed by atoms with Gasteiger partial charge in [-0.2, -0.15) is 0 Å². The Balaban J connectivity index is 1.07. The van der Waals surface area contributed by atoms with Gasteiger partial charge in [0.15, 0.2) is 0 Å². The first-order valence-corrected chi connectivity index (χ1v) is 25.9. The van der Waals surface area contributed by atoms with Crippen molar-refractivity contribution in [2.24, 2.45) is 0 Å². The first kappa shape index (κ1) is 44.0. The van der Waals surface area contributed by atoms with Crippen LogP contribution in [-0.4, -0.2) is 0 Å². The Morgan fingerprint density at radius 2 is 0.400 bits per heavy atom. The maximum Gasteiger partial charge on any atom is 0.0727 e. The summed E-state index contributed by atoms with van der Waals surface area (Å²) in [4.78, 5) is 5.08. The van der Waals surface area contributed by atoms with Crippen molar-refractivity contribution < 1.29 is 0 Å². The first-order chi connectivity index (χ1) is 37.3. The second-order valence-corrected chi connectivity index (χ2v) is 19.4. The van der Waals surface area contributed by atoms with Gasteiger partial charge in [-0.15, -0.1) is 0 Å². The maximum atomic E-state index is 2.54. The third-order valence-corrected chi connectivity index (χ3v) is 15.5. The van der Waals surface area contributed by atoms with E-state index in [1.54, 1.807) is 0 Å². The normalized spacial score (nSPS) is 12.4. The molecule has 0 fully saturated rings. The molecule has 0 heterocycles. The molecule has 12 aromatic carbocycles. The monoisotopic (exact) mass is 954 g/mol. The third-order valence-electron chi connectivity index (χ3n) is 15.5. The van der Waals surface area contributed by atoms with Gasteiger partial charge in [0.2, 0.25) is 0 Å². The molecule has 0 bridgehead atoms. The molecule has 0 radical (unpaired) electrons. The van der Waals surface area contributed by atoms with E-state index in [0.29, 0.717) is 0 Å². The van der Waals surface area contributed by atoms with Gasteiger partial charge in [0.25, 0.3) is 0 Å². The van der Waals surface area contributed by atoms with E-state index in [1.165, 1.54) is 44.5 Å². The Bertz CT molecular complexity index is 3640. The van der Waals surface area contributed by atoms with Crippen LogP contribution in [0.2, 0.25) is 0 Å². The molecule has 12 aromatic rings. The van der Waals surface area contributed by atoms with Gasteiger partial charge in [-0.1, -0.05) is 267 Å². The number of nitrogens with zero attached hydrogens (tertiary/aromatic N) is 2. The van der Waals surface area contributed by atoms with Crippen LogP contribution in [0.3, 0.4) is 0 Å². The summed E-state index contributed by atoms with van der Waals surface area (Å²) in [5, 5.41) is 0. The van der Waals surface area contributed by atoms with Gasteiger partial charge in [-0.3, -0.25) is 0 Å². The zero-order chi connectivity index (χ0) is 49.7. The molecule has 2 nitrogen and oxygen atoms in total. The van der Waals surface area contributed by atoms with Gasteiger partial charge in [0.1, 0.15) is 0 Å². The summed E-state index contributed by atoms with van der Waals surface area (Å²) in [6.07, 6.45) is 0. The first-order valence-electron chi connectivity index (χ1n) is 25.9. The van der Waals surface area contributed by atoms with Crippen LogP contribution < -0.4 is 9.80 Å². The standard InChI is InChI=1S/C73H50N2/c1-5-27-51(28-6-1)55-35-15-21-45-65(55)74(66-46-22-16-36-56(66)52-29-7-2-8-30-52)69-49-25-43-63-71(69)59-39-13-19-41-61(59)73(63)62-42-20-14-40-60(62)72-64(73)44-26-50-70(72)75(67-47-23-17-37-57(67)53-31-9-3-10-32-53)68-48-24-18-38-58(68)54-33-11-4-12-34-54/h1-50H. The predicted molar refractivity (Wildman–Crippen MR) is 314 cm³/mol. The Labute approximate surface area is 439 Å². The SMILES string of the molecule is c1ccc(-c2ccccc2N(c2ccccc2-c2ccccc2)c2cccc3c2-c2ccccc2C32c3ccccc3-c3c(N(c4ccccc4-c4ccccc4)c4ccccc4-c4ccccc4)cccc32)cc1. The highest BCUT2D eigenvalue weighted by Crippen LogP contribution is 2.67. The average Bonchev–Trinajstić information content (AvgIpc) is 3.97. The Morgan fingerprint density at radius 1 is 0.173 bits per heavy atom. The van der Waals surface area contributed by atoms with Crippen LogP contribution in [0.25, 0.3) is 66.8 Å². The number of fused-ring (bicyclic) bond motifs is 10. The van der Waals surface area contributed by atoms with Crippen LogP contribution in [0.15, 0.2) is 303 Å². The summed E-state index contributed by atoms with van der Waals surface area (Å²) in [5.74, 6) is 0. The minimum atomic E-state index is -0.656. The zero-order valence-corrected chi connectivity index (χ0v) is 41.3. The van der Waals surface area contributed by atoms with E-state index in [4.69, 9.17) is 0 Å². The molecule has 0 N–H and O–H groups in total. The fourth-order valence-corrected chi connectivity index (χ4v) is 12.5. The van der Waals surface area contributed by atoms with E-state index >= 15 is 0 Å². The van der Waals surface area contributed by atoms with Gasteiger partial charge in [-0.25, -0.2) is 0 Å².